The SMILES string of the molecule is O=C(CCCN1CCCCC1)N[C@H]1CC(=O)N(CCc2ccc(F)cc2)C1. The Hall–Kier alpha value is -1.95. The van der Waals surface area contributed by atoms with Crippen molar-refractivity contribution in [1.82, 2.24) is 15.1 Å². The molecule has 0 aromatic heterocycles. The average Bonchev–Trinajstić information content (AvgIpc) is 3.01. The predicted molar refractivity (Wildman–Crippen MR) is 103 cm³/mol. The van der Waals surface area contributed by atoms with E-state index in [9.17, 15) is 14.0 Å². The molecule has 0 aliphatic carbocycles. The Bertz CT molecular complexity index is 629. The highest BCUT2D eigenvalue weighted by Gasteiger charge is 2.30. The molecule has 3 rings (SSSR count). The van der Waals surface area contributed by atoms with Crippen LogP contribution in [0.1, 0.15) is 44.1 Å². The largest absolute Gasteiger partial charge is 0.351 e. The molecule has 148 valence electrons. The van der Waals surface area contributed by atoms with Crippen molar-refractivity contribution in [2.75, 3.05) is 32.7 Å². The van der Waals surface area contributed by atoms with E-state index in [-0.39, 0.29) is 23.7 Å². The molecule has 27 heavy (non-hydrogen) atoms. The van der Waals surface area contributed by atoms with Crippen LogP contribution in [0.25, 0.3) is 0 Å². The van der Waals surface area contributed by atoms with Gasteiger partial charge in [0.1, 0.15) is 5.82 Å². The van der Waals surface area contributed by atoms with E-state index in [1.165, 1.54) is 31.4 Å². The van der Waals surface area contributed by atoms with Crippen molar-refractivity contribution in [3.8, 4) is 0 Å². The van der Waals surface area contributed by atoms with E-state index in [1.807, 2.05) is 0 Å². The molecule has 2 aliphatic heterocycles. The van der Waals surface area contributed by atoms with E-state index < -0.39 is 0 Å². The Morgan fingerprint density at radius 2 is 1.85 bits per heavy atom. The molecule has 2 heterocycles. The fraction of sp³-hybridized carbons (Fsp3) is 0.619. The fourth-order valence-electron chi connectivity index (χ4n) is 3.95. The van der Waals surface area contributed by atoms with E-state index in [1.54, 1.807) is 17.0 Å². The summed E-state index contributed by atoms with van der Waals surface area (Å²) in [5.41, 5.74) is 1.01. The number of nitrogens with zero attached hydrogens (tertiary/aromatic N) is 2. The van der Waals surface area contributed by atoms with E-state index in [0.717, 1.165) is 31.6 Å². The minimum absolute atomic E-state index is 0.0465. The molecule has 1 aromatic carbocycles. The second kappa shape index (κ2) is 9.83. The lowest BCUT2D eigenvalue weighted by molar-refractivity contribution is -0.127. The molecule has 2 aliphatic rings. The second-order valence-electron chi connectivity index (χ2n) is 7.69. The Morgan fingerprint density at radius 3 is 2.59 bits per heavy atom. The number of benzene rings is 1. The van der Waals surface area contributed by atoms with E-state index in [4.69, 9.17) is 0 Å². The standard InChI is InChI=1S/C21H30FN3O2/c22-18-8-6-17(7-9-18)10-14-25-16-19(15-21(25)27)23-20(26)5-4-13-24-11-2-1-3-12-24/h6-9,19H,1-5,10-16H2,(H,23,26)/t19-/m0/s1. The van der Waals surface area contributed by atoms with Gasteiger partial charge >= 0.3 is 0 Å². The van der Waals surface area contributed by atoms with Gasteiger partial charge in [-0.05, 0) is 63.0 Å². The van der Waals surface area contributed by atoms with Gasteiger partial charge in [0.25, 0.3) is 0 Å². The summed E-state index contributed by atoms with van der Waals surface area (Å²) in [4.78, 5) is 28.6. The zero-order valence-corrected chi connectivity index (χ0v) is 16.0. The van der Waals surface area contributed by atoms with Crippen LogP contribution in [0.5, 0.6) is 0 Å². The lowest BCUT2D eigenvalue weighted by Crippen LogP contribution is -2.38. The van der Waals surface area contributed by atoms with Gasteiger partial charge in [-0.1, -0.05) is 18.6 Å². The number of amides is 2. The maximum atomic E-state index is 12.9. The van der Waals surface area contributed by atoms with Gasteiger partial charge in [0.05, 0.1) is 6.04 Å². The predicted octanol–water partition coefficient (Wildman–Crippen LogP) is 2.35. The van der Waals surface area contributed by atoms with Crippen molar-refractivity contribution in [2.45, 2.75) is 51.0 Å². The van der Waals surface area contributed by atoms with Gasteiger partial charge < -0.3 is 15.1 Å². The maximum Gasteiger partial charge on any atom is 0.224 e. The van der Waals surface area contributed by atoms with Crippen LogP contribution in [0, 0.1) is 5.82 Å². The van der Waals surface area contributed by atoms with E-state index in [0.29, 0.717) is 32.4 Å². The number of likely N-dealkylation sites (tertiary alicyclic amines) is 2. The van der Waals surface area contributed by atoms with Crippen LogP contribution in [0.15, 0.2) is 24.3 Å². The molecule has 1 aromatic rings. The number of hydrogen-bond acceptors (Lipinski definition) is 3. The van der Waals surface area contributed by atoms with Crippen LogP contribution >= 0.6 is 0 Å². The Balaban J connectivity index is 1.34. The van der Waals surface area contributed by atoms with Gasteiger partial charge in [-0.15, -0.1) is 0 Å². The van der Waals surface area contributed by atoms with Gasteiger partial charge in [-0.2, -0.15) is 0 Å². The first-order valence-electron chi connectivity index (χ1n) is 10.1. The molecule has 2 saturated heterocycles. The van der Waals surface area contributed by atoms with Crippen molar-refractivity contribution < 1.29 is 14.0 Å². The summed E-state index contributed by atoms with van der Waals surface area (Å²) < 4.78 is 12.9. The average molecular weight is 375 g/mol. The smallest absolute Gasteiger partial charge is 0.224 e. The highest BCUT2D eigenvalue weighted by molar-refractivity contribution is 5.82. The molecule has 1 atom stereocenters. The number of carbonyl (C=O) groups is 2. The summed E-state index contributed by atoms with van der Waals surface area (Å²) >= 11 is 0. The Kier molecular flexibility index (Phi) is 7.21. The molecule has 1 N–H and O–H groups in total. The van der Waals surface area contributed by atoms with Crippen molar-refractivity contribution >= 4 is 11.8 Å². The number of rotatable bonds is 8. The topological polar surface area (TPSA) is 52.7 Å². The van der Waals surface area contributed by atoms with Crippen LogP contribution in [0.2, 0.25) is 0 Å². The number of piperidine rings is 1. The molecule has 0 spiro atoms. The van der Waals surface area contributed by atoms with E-state index in [2.05, 4.69) is 10.2 Å². The highest BCUT2D eigenvalue weighted by atomic mass is 19.1. The van der Waals surface area contributed by atoms with Crippen molar-refractivity contribution in [2.24, 2.45) is 0 Å². The fourth-order valence-corrected chi connectivity index (χ4v) is 3.95. The third-order valence-corrected chi connectivity index (χ3v) is 5.49. The summed E-state index contributed by atoms with van der Waals surface area (Å²) in [6.07, 6.45) is 6.33. The van der Waals surface area contributed by atoms with Crippen LogP contribution in [0.3, 0.4) is 0 Å². The zero-order valence-electron chi connectivity index (χ0n) is 16.0. The van der Waals surface area contributed by atoms with Crippen molar-refractivity contribution in [3.05, 3.63) is 35.6 Å². The molecule has 2 fully saturated rings. The van der Waals surface area contributed by atoms with Gasteiger partial charge in [0.2, 0.25) is 11.8 Å². The quantitative estimate of drug-likeness (QED) is 0.759. The number of halogens is 1. The van der Waals surface area contributed by atoms with Crippen LogP contribution < -0.4 is 5.32 Å². The van der Waals surface area contributed by atoms with Gasteiger partial charge in [0, 0.05) is 25.9 Å². The number of carbonyl (C=O) groups excluding carboxylic acids is 2. The number of hydrogen-bond donors (Lipinski definition) is 1. The van der Waals surface area contributed by atoms with Gasteiger partial charge in [-0.3, -0.25) is 9.59 Å². The summed E-state index contributed by atoms with van der Waals surface area (Å²) in [5, 5.41) is 3.01. The number of nitrogens with one attached hydrogen (secondary N) is 1. The monoisotopic (exact) mass is 375 g/mol. The molecule has 5 nitrogen and oxygen atoms in total. The van der Waals surface area contributed by atoms with Crippen molar-refractivity contribution in [3.63, 3.8) is 0 Å². The Labute approximate surface area is 160 Å². The first kappa shape index (κ1) is 19.8. The summed E-state index contributed by atoms with van der Waals surface area (Å²) in [6.45, 7) is 4.47. The van der Waals surface area contributed by atoms with Gasteiger partial charge in [-0.25, -0.2) is 4.39 Å². The third kappa shape index (κ3) is 6.31. The Morgan fingerprint density at radius 1 is 1.11 bits per heavy atom. The highest BCUT2D eigenvalue weighted by Crippen LogP contribution is 2.14. The van der Waals surface area contributed by atoms with Crippen LogP contribution in [0.4, 0.5) is 4.39 Å². The van der Waals surface area contributed by atoms with Crippen LogP contribution in [-0.2, 0) is 16.0 Å². The van der Waals surface area contributed by atoms with E-state index >= 15 is 0 Å². The summed E-state index contributed by atoms with van der Waals surface area (Å²) in [7, 11) is 0. The second-order valence-corrected chi connectivity index (χ2v) is 7.69. The molecule has 0 bridgehead atoms. The lowest BCUT2D eigenvalue weighted by Gasteiger charge is -2.26. The first-order valence-corrected chi connectivity index (χ1v) is 10.1. The lowest BCUT2D eigenvalue weighted by atomic mass is 10.1. The molecule has 6 heteroatoms. The normalized spacial score (nSPS) is 20.9. The molecular formula is C21H30FN3O2. The van der Waals surface area contributed by atoms with Crippen molar-refractivity contribution in [1.29, 1.82) is 0 Å². The maximum absolute atomic E-state index is 12.9. The molecule has 2 amide bonds. The molecule has 0 unspecified atom stereocenters. The first-order chi connectivity index (χ1) is 13.1. The third-order valence-electron chi connectivity index (χ3n) is 5.49. The zero-order chi connectivity index (χ0) is 19.1. The molecule has 0 radical (unpaired) electrons. The minimum Gasteiger partial charge on any atom is -0.351 e. The molecular weight excluding hydrogens is 345 g/mol. The summed E-state index contributed by atoms with van der Waals surface area (Å²) in [6, 6.07) is 6.28. The molecule has 0 saturated carbocycles. The van der Waals surface area contributed by atoms with Crippen LogP contribution in [-0.4, -0.2) is 60.4 Å². The summed E-state index contributed by atoms with van der Waals surface area (Å²) in [5.74, 6) is -0.125. The van der Waals surface area contributed by atoms with Gasteiger partial charge in [0.15, 0.2) is 0 Å². The minimum atomic E-state index is -0.251.